The van der Waals surface area contributed by atoms with Crippen LogP contribution in [0.3, 0.4) is 0 Å². The second kappa shape index (κ2) is 12.0. The molecule has 4 N–H and O–H groups in total. The zero-order chi connectivity index (χ0) is 28.5. The molecule has 0 aromatic carbocycles. The average molecular weight is 585 g/mol. The Morgan fingerprint density at radius 2 is 1.73 bits per heavy atom. The average Bonchev–Trinajstić information content (AvgIpc) is 3.28. The van der Waals surface area contributed by atoms with Gasteiger partial charge in [-0.2, -0.15) is 5.10 Å². The minimum absolute atomic E-state index is 0.122. The fourth-order valence-corrected chi connectivity index (χ4v) is 7.63. The number of carbonyl (C=O) groups excluding carboxylic acids is 1. The summed E-state index contributed by atoms with van der Waals surface area (Å²) in [7, 11) is 0. The summed E-state index contributed by atoms with van der Waals surface area (Å²) in [6.45, 7) is 8.08. The molecule has 1 saturated carbocycles. The molecule has 41 heavy (non-hydrogen) atoms. The molecule has 1 spiro atoms. The Labute approximate surface area is 248 Å². The molecular weight excluding hydrogens is 540 g/mol. The molecule has 10 nitrogen and oxygen atoms in total. The number of ether oxygens (including phenoxy) is 1. The van der Waals surface area contributed by atoms with Crippen LogP contribution in [0.1, 0.15) is 81.5 Å². The molecule has 2 aromatic rings. The molecule has 224 valence electrons. The number of carbonyl (C=O) groups is 1. The summed E-state index contributed by atoms with van der Waals surface area (Å²) in [6.07, 6.45) is 15.1. The van der Waals surface area contributed by atoms with E-state index in [4.69, 9.17) is 27.2 Å². The number of alkyl halides is 1. The van der Waals surface area contributed by atoms with E-state index >= 15 is 0 Å². The van der Waals surface area contributed by atoms with E-state index in [2.05, 4.69) is 32.3 Å². The Kier molecular flexibility index (Phi) is 8.34. The summed E-state index contributed by atoms with van der Waals surface area (Å²) in [5.41, 5.74) is 8.33. The third kappa shape index (κ3) is 5.50. The lowest BCUT2D eigenvalue weighted by molar-refractivity contribution is -0.131. The lowest BCUT2D eigenvalue weighted by Crippen LogP contribution is -2.64. The van der Waals surface area contributed by atoms with Crippen molar-refractivity contribution in [3.05, 3.63) is 24.0 Å². The number of nitrogens with zero attached hydrogens (tertiary/aromatic N) is 5. The van der Waals surface area contributed by atoms with Crippen molar-refractivity contribution in [2.24, 2.45) is 0 Å². The number of nitrogens with two attached hydrogens (primary N) is 1. The summed E-state index contributed by atoms with van der Waals surface area (Å²) in [6, 6.07) is 1.98. The van der Waals surface area contributed by atoms with Crippen LogP contribution in [0.15, 0.2) is 18.5 Å². The van der Waals surface area contributed by atoms with Crippen LogP contribution in [-0.4, -0.2) is 82.4 Å². The number of rotatable bonds is 4. The summed E-state index contributed by atoms with van der Waals surface area (Å²) >= 11 is 7.08. The predicted molar refractivity (Wildman–Crippen MR) is 164 cm³/mol. The van der Waals surface area contributed by atoms with Crippen LogP contribution >= 0.6 is 11.6 Å². The molecular formula is C30H45ClN8O2. The summed E-state index contributed by atoms with van der Waals surface area (Å²) in [5, 5.41) is 11.2. The quantitative estimate of drug-likeness (QED) is 0.445. The molecule has 2 aromatic heterocycles. The highest BCUT2D eigenvalue weighted by atomic mass is 35.5. The van der Waals surface area contributed by atoms with Crippen LogP contribution < -0.4 is 21.3 Å². The maximum Gasteiger partial charge on any atom is 0.263 e. The van der Waals surface area contributed by atoms with Gasteiger partial charge in [0.25, 0.3) is 5.91 Å². The normalized spacial score (nSPS) is 24.9. The molecule has 3 aliphatic heterocycles. The first-order valence-electron chi connectivity index (χ1n) is 15.5. The van der Waals surface area contributed by atoms with Crippen LogP contribution in [0.5, 0.6) is 0 Å². The van der Waals surface area contributed by atoms with Gasteiger partial charge in [0.15, 0.2) is 5.82 Å². The highest BCUT2D eigenvalue weighted by Crippen LogP contribution is 2.44. The number of hydrogen-bond donors (Lipinski definition) is 3. The number of piperazine rings is 1. The molecule has 1 amide bonds. The standard InChI is InChI=1S/C30H45ClN8O2/c1-29(20-41-21-29)38-16-14-37(15-17-38)23-10-13-33-18-22(23)35-28(40)25-26(32)36-39-27(25)34-19-24(31)30(39)11-8-6-4-2-3-5-7-9-12-30/h10,13,18,24,34H,2-9,11-12,14-17,19-21H2,1H3,(H2,32,36)(H,35,40). The minimum atomic E-state index is -0.347. The van der Waals surface area contributed by atoms with Crippen LogP contribution in [0, 0.1) is 0 Å². The first kappa shape index (κ1) is 28.6. The van der Waals surface area contributed by atoms with Crippen LogP contribution in [0.2, 0.25) is 0 Å². The van der Waals surface area contributed by atoms with Crippen molar-refractivity contribution in [3.8, 4) is 0 Å². The summed E-state index contributed by atoms with van der Waals surface area (Å²) in [4.78, 5) is 23.0. The molecule has 0 bridgehead atoms. The van der Waals surface area contributed by atoms with Crippen molar-refractivity contribution in [2.75, 3.05) is 67.2 Å². The maximum absolute atomic E-state index is 13.9. The van der Waals surface area contributed by atoms with E-state index in [9.17, 15) is 4.79 Å². The molecule has 6 rings (SSSR count). The fraction of sp³-hybridized carbons (Fsp3) is 0.700. The van der Waals surface area contributed by atoms with Gasteiger partial charge in [0.1, 0.15) is 11.4 Å². The van der Waals surface area contributed by atoms with E-state index in [1.807, 2.05) is 10.7 Å². The van der Waals surface area contributed by atoms with E-state index in [0.717, 1.165) is 70.8 Å². The van der Waals surface area contributed by atoms with Crippen molar-refractivity contribution < 1.29 is 9.53 Å². The van der Waals surface area contributed by atoms with Crippen molar-refractivity contribution in [1.29, 1.82) is 0 Å². The van der Waals surface area contributed by atoms with E-state index in [0.29, 0.717) is 23.6 Å². The lowest BCUT2D eigenvalue weighted by atomic mass is 9.82. The Balaban J connectivity index is 1.23. The smallest absolute Gasteiger partial charge is 0.263 e. The highest BCUT2D eigenvalue weighted by molar-refractivity contribution is 6.22. The molecule has 1 atom stereocenters. The number of halogens is 1. The molecule has 0 radical (unpaired) electrons. The van der Waals surface area contributed by atoms with Crippen molar-refractivity contribution >= 4 is 40.5 Å². The first-order valence-corrected chi connectivity index (χ1v) is 15.9. The lowest BCUT2D eigenvalue weighted by Gasteiger charge is -2.50. The second-order valence-corrected chi connectivity index (χ2v) is 13.1. The maximum atomic E-state index is 13.9. The molecule has 11 heteroatoms. The van der Waals surface area contributed by atoms with Gasteiger partial charge in [-0.25, -0.2) is 4.68 Å². The van der Waals surface area contributed by atoms with Crippen LogP contribution in [0.4, 0.5) is 23.0 Å². The van der Waals surface area contributed by atoms with Gasteiger partial charge in [0.2, 0.25) is 0 Å². The molecule has 4 aliphatic rings. The Morgan fingerprint density at radius 1 is 1.07 bits per heavy atom. The largest absolute Gasteiger partial charge is 0.381 e. The minimum Gasteiger partial charge on any atom is -0.381 e. The third-order valence-electron chi connectivity index (χ3n) is 9.82. The number of anilines is 4. The SMILES string of the molecule is CC1(N2CCN(c3ccncc3NC(=O)c3c(N)nn4c3NCC(Cl)C43CCCCCCCCCC3)CC2)COC1. The molecule has 1 unspecified atom stereocenters. The van der Waals surface area contributed by atoms with Crippen molar-refractivity contribution in [1.82, 2.24) is 19.7 Å². The predicted octanol–water partition coefficient (Wildman–Crippen LogP) is 4.67. The molecule has 5 heterocycles. The number of nitrogen functional groups attached to an aromatic ring is 1. The van der Waals surface area contributed by atoms with Crippen LogP contribution in [-0.2, 0) is 10.3 Å². The summed E-state index contributed by atoms with van der Waals surface area (Å²) < 4.78 is 7.46. The Hall–Kier alpha value is -2.56. The molecule has 3 fully saturated rings. The Bertz CT molecular complexity index is 1210. The van der Waals surface area contributed by atoms with Gasteiger partial charge in [-0.05, 0) is 25.8 Å². The van der Waals surface area contributed by atoms with Crippen molar-refractivity contribution in [2.45, 2.75) is 87.6 Å². The van der Waals surface area contributed by atoms with Gasteiger partial charge in [-0.15, -0.1) is 11.6 Å². The number of nitrogens with one attached hydrogen (secondary N) is 2. The number of fused-ring (bicyclic) bond motifs is 2. The van der Waals surface area contributed by atoms with Crippen LogP contribution in [0.25, 0.3) is 0 Å². The zero-order valence-corrected chi connectivity index (χ0v) is 25.1. The Morgan fingerprint density at radius 3 is 2.37 bits per heavy atom. The number of hydrogen-bond acceptors (Lipinski definition) is 8. The number of pyridine rings is 1. The second-order valence-electron chi connectivity index (χ2n) is 12.6. The number of aromatic nitrogens is 3. The van der Waals surface area contributed by atoms with E-state index in [1.54, 1.807) is 12.4 Å². The van der Waals surface area contributed by atoms with Gasteiger partial charge in [-0.1, -0.05) is 51.4 Å². The topological polar surface area (TPSA) is 114 Å². The fourth-order valence-electron chi connectivity index (χ4n) is 7.24. The van der Waals surface area contributed by atoms with E-state index in [-0.39, 0.29) is 28.2 Å². The van der Waals surface area contributed by atoms with Gasteiger partial charge in [-0.3, -0.25) is 14.7 Å². The zero-order valence-electron chi connectivity index (χ0n) is 24.3. The molecule has 2 saturated heterocycles. The van der Waals surface area contributed by atoms with E-state index < -0.39 is 0 Å². The van der Waals surface area contributed by atoms with E-state index in [1.165, 1.54) is 38.5 Å². The van der Waals surface area contributed by atoms with Gasteiger partial charge >= 0.3 is 0 Å². The van der Waals surface area contributed by atoms with Gasteiger partial charge in [0, 0.05) is 38.9 Å². The van der Waals surface area contributed by atoms with Gasteiger partial charge in [0.05, 0.1) is 47.2 Å². The summed E-state index contributed by atoms with van der Waals surface area (Å²) in [5.74, 6) is 0.643. The first-order chi connectivity index (χ1) is 19.9. The third-order valence-corrected chi connectivity index (χ3v) is 10.4. The monoisotopic (exact) mass is 584 g/mol. The highest BCUT2D eigenvalue weighted by Gasteiger charge is 2.46. The number of amides is 1. The van der Waals surface area contributed by atoms with Crippen molar-refractivity contribution in [3.63, 3.8) is 0 Å². The molecule has 1 aliphatic carbocycles. The van der Waals surface area contributed by atoms with Gasteiger partial charge < -0.3 is 26.0 Å².